The van der Waals surface area contributed by atoms with Crippen LogP contribution >= 0.6 is 0 Å². The molecule has 2 aromatic carbocycles. The minimum atomic E-state index is -0.898. The molecule has 0 heterocycles. The van der Waals surface area contributed by atoms with E-state index in [0.717, 1.165) is 22.8 Å². The first kappa shape index (κ1) is 20.6. The van der Waals surface area contributed by atoms with E-state index in [-0.39, 0.29) is 11.3 Å². The van der Waals surface area contributed by atoms with Crippen LogP contribution in [-0.4, -0.2) is 17.1 Å². The Hall–Kier alpha value is -2.33. The standard InChI is InChI=1S/C27H33NO3/c29-24(15-27-14-22-7-4-12-26(13-22,18-27)19-27)25(30)28-16-20-8-10-23(11-9-20)31-17-21-5-2-1-3-6-21/h1-3,5-6,8-11,22,24,29H,4,7,12-19H2,(H,28,30). The molecule has 0 aromatic heterocycles. The van der Waals surface area contributed by atoms with E-state index in [1.54, 1.807) is 0 Å². The molecule has 0 saturated heterocycles. The fourth-order valence-corrected chi connectivity index (χ4v) is 6.86. The summed E-state index contributed by atoms with van der Waals surface area (Å²) in [5, 5.41) is 13.5. The van der Waals surface area contributed by atoms with Gasteiger partial charge in [0.05, 0.1) is 0 Å². The second kappa shape index (κ2) is 8.31. The molecule has 4 heteroatoms. The Kier molecular flexibility index (Phi) is 5.51. The Balaban J connectivity index is 1.08. The van der Waals surface area contributed by atoms with Gasteiger partial charge in [-0.15, -0.1) is 0 Å². The molecule has 3 bridgehead atoms. The molecule has 1 amide bonds. The van der Waals surface area contributed by atoms with Crippen molar-refractivity contribution in [2.45, 2.75) is 70.6 Å². The highest BCUT2D eigenvalue weighted by Crippen LogP contribution is 2.71. The normalized spacial score (nSPS) is 29.5. The number of hydrogen-bond donors (Lipinski definition) is 2. The third-order valence-corrected chi connectivity index (χ3v) is 7.83. The summed E-state index contributed by atoms with van der Waals surface area (Å²) in [7, 11) is 0. The van der Waals surface area contributed by atoms with E-state index in [9.17, 15) is 9.90 Å². The molecule has 1 spiro atoms. The Bertz CT molecular complexity index is 896. The molecule has 0 radical (unpaired) electrons. The number of hydrogen-bond acceptors (Lipinski definition) is 3. The van der Waals surface area contributed by atoms with Gasteiger partial charge in [-0.2, -0.15) is 0 Å². The van der Waals surface area contributed by atoms with Gasteiger partial charge >= 0.3 is 0 Å². The van der Waals surface area contributed by atoms with E-state index < -0.39 is 6.10 Å². The highest BCUT2D eigenvalue weighted by atomic mass is 16.5. The van der Waals surface area contributed by atoms with Crippen molar-refractivity contribution in [3.8, 4) is 5.75 Å². The molecule has 0 aliphatic heterocycles. The van der Waals surface area contributed by atoms with Gasteiger partial charge in [0, 0.05) is 6.54 Å². The van der Waals surface area contributed by atoms with Gasteiger partial charge in [-0.3, -0.25) is 4.79 Å². The van der Waals surface area contributed by atoms with Gasteiger partial charge in [-0.1, -0.05) is 55.3 Å². The number of benzene rings is 2. The zero-order valence-electron chi connectivity index (χ0n) is 18.2. The molecule has 4 aliphatic carbocycles. The van der Waals surface area contributed by atoms with Gasteiger partial charge in [0.25, 0.3) is 0 Å². The van der Waals surface area contributed by atoms with Crippen LogP contribution in [0.4, 0.5) is 0 Å². The monoisotopic (exact) mass is 419 g/mol. The van der Waals surface area contributed by atoms with Crippen LogP contribution < -0.4 is 10.1 Å². The molecule has 2 atom stereocenters. The second-order valence-electron chi connectivity index (χ2n) is 10.4. The fraction of sp³-hybridized carbons (Fsp3) is 0.519. The van der Waals surface area contributed by atoms with E-state index in [4.69, 9.17) is 4.74 Å². The minimum absolute atomic E-state index is 0.220. The number of nitrogens with one attached hydrogen (secondary N) is 1. The lowest BCUT2D eigenvalue weighted by Gasteiger charge is -2.66. The highest BCUT2D eigenvalue weighted by molar-refractivity contribution is 5.80. The smallest absolute Gasteiger partial charge is 0.249 e. The Labute approximate surface area is 185 Å². The van der Waals surface area contributed by atoms with Gasteiger partial charge in [0.2, 0.25) is 5.91 Å². The number of carbonyl (C=O) groups is 1. The van der Waals surface area contributed by atoms with Crippen molar-refractivity contribution in [2.24, 2.45) is 16.7 Å². The molecule has 2 unspecified atom stereocenters. The number of carbonyl (C=O) groups excluding carboxylic acids is 1. The van der Waals surface area contributed by atoms with E-state index in [2.05, 4.69) is 5.32 Å². The maximum absolute atomic E-state index is 12.5. The van der Waals surface area contributed by atoms with Crippen molar-refractivity contribution < 1.29 is 14.6 Å². The third-order valence-electron chi connectivity index (χ3n) is 7.83. The van der Waals surface area contributed by atoms with Crippen molar-refractivity contribution in [3.05, 3.63) is 65.7 Å². The van der Waals surface area contributed by atoms with Crippen molar-refractivity contribution in [1.82, 2.24) is 5.32 Å². The van der Waals surface area contributed by atoms with Crippen LogP contribution in [0.25, 0.3) is 0 Å². The summed E-state index contributed by atoms with van der Waals surface area (Å²) in [5.74, 6) is 1.39. The number of aliphatic hydroxyl groups excluding tert-OH is 1. The minimum Gasteiger partial charge on any atom is -0.489 e. The van der Waals surface area contributed by atoms with E-state index in [1.807, 2.05) is 54.6 Å². The van der Waals surface area contributed by atoms with Crippen molar-refractivity contribution in [3.63, 3.8) is 0 Å². The first-order valence-corrected chi connectivity index (χ1v) is 11.7. The summed E-state index contributed by atoms with van der Waals surface area (Å²) >= 11 is 0. The molecule has 164 valence electrons. The van der Waals surface area contributed by atoms with Gasteiger partial charge in [0.15, 0.2) is 0 Å². The molecule has 2 N–H and O–H groups in total. The van der Waals surface area contributed by atoms with Gasteiger partial charge < -0.3 is 15.2 Å². The number of rotatable bonds is 8. The lowest BCUT2D eigenvalue weighted by molar-refractivity contribution is -0.166. The second-order valence-corrected chi connectivity index (χ2v) is 10.4. The molecule has 4 aliphatic rings. The topological polar surface area (TPSA) is 58.6 Å². The average molecular weight is 420 g/mol. The van der Waals surface area contributed by atoms with Crippen molar-refractivity contribution in [2.75, 3.05) is 0 Å². The molecule has 31 heavy (non-hydrogen) atoms. The zero-order valence-corrected chi connectivity index (χ0v) is 18.2. The Morgan fingerprint density at radius 2 is 1.84 bits per heavy atom. The summed E-state index contributed by atoms with van der Waals surface area (Å²) < 4.78 is 5.81. The summed E-state index contributed by atoms with van der Waals surface area (Å²) in [6.07, 6.45) is 8.87. The van der Waals surface area contributed by atoms with Crippen LogP contribution in [-0.2, 0) is 17.9 Å². The zero-order chi connectivity index (χ0) is 21.3. The Morgan fingerprint density at radius 3 is 2.58 bits per heavy atom. The van der Waals surface area contributed by atoms with Crippen LogP contribution in [0.5, 0.6) is 5.75 Å². The molecular formula is C27H33NO3. The number of ether oxygens (including phenoxy) is 1. The molecular weight excluding hydrogens is 386 g/mol. The number of amides is 1. The van der Waals surface area contributed by atoms with Gasteiger partial charge in [0.1, 0.15) is 18.5 Å². The first-order chi connectivity index (χ1) is 15.0. The van der Waals surface area contributed by atoms with Gasteiger partial charge in [-0.25, -0.2) is 0 Å². The van der Waals surface area contributed by atoms with Crippen LogP contribution in [0, 0.1) is 16.7 Å². The lowest BCUT2D eigenvalue weighted by Crippen LogP contribution is -2.56. The maximum Gasteiger partial charge on any atom is 0.249 e. The largest absolute Gasteiger partial charge is 0.489 e. The van der Waals surface area contributed by atoms with Crippen molar-refractivity contribution in [1.29, 1.82) is 0 Å². The molecule has 4 fully saturated rings. The summed E-state index contributed by atoms with van der Waals surface area (Å²) in [4.78, 5) is 12.5. The van der Waals surface area contributed by atoms with Crippen LogP contribution in [0.1, 0.15) is 62.5 Å². The molecule has 2 aromatic rings. The predicted molar refractivity (Wildman–Crippen MR) is 120 cm³/mol. The van der Waals surface area contributed by atoms with E-state index in [0.29, 0.717) is 25.0 Å². The maximum atomic E-state index is 12.5. The van der Waals surface area contributed by atoms with Crippen molar-refractivity contribution >= 4 is 5.91 Å². The van der Waals surface area contributed by atoms with Crippen LogP contribution in [0.2, 0.25) is 0 Å². The molecule has 4 nitrogen and oxygen atoms in total. The predicted octanol–water partition coefficient (Wildman–Crippen LogP) is 4.99. The lowest BCUT2D eigenvalue weighted by atomic mass is 9.39. The fourth-order valence-electron chi connectivity index (χ4n) is 6.86. The van der Waals surface area contributed by atoms with E-state index in [1.165, 1.54) is 44.9 Å². The summed E-state index contributed by atoms with van der Waals surface area (Å²) in [6.45, 7) is 0.960. The number of aliphatic hydroxyl groups is 1. The summed E-state index contributed by atoms with van der Waals surface area (Å²) in [6, 6.07) is 17.8. The first-order valence-electron chi connectivity index (χ1n) is 11.7. The molecule has 6 rings (SSSR count). The highest BCUT2D eigenvalue weighted by Gasteiger charge is 2.60. The average Bonchev–Trinajstić information content (AvgIpc) is 2.76. The summed E-state index contributed by atoms with van der Waals surface area (Å²) in [5.41, 5.74) is 2.91. The van der Waals surface area contributed by atoms with Crippen LogP contribution in [0.15, 0.2) is 54.6 Å². The quantitative estimate of drug-likeness (QED) is 0.633. The third kappa shape index (κ3) is 4.50. The van der Waals surface area contributed by atoms with Crippen LogP contribution in [0.3, 0.4) is 0 Å². The molecule has 4 saturated carbocycles. The van der Waals surface area contributed by atoms with Gasteiger partial charge in [-0.05, 0) is 78.5 Å². The van der Waals surface area contributed by atoms with E-state index >= 15 is 0 Å². The Morgan fingerprint density at radius 1 is 1.06 bits per heavy atom. The SMILES string of the molecule is O=C(NCc1ccc(OCc2ccccc2)cc1)C(O)CC12CC3CCCC(C3)(C1)C2.